The summed E-state index contributed by atoms with van der Waals surface area (Å²) < 4.78 is 0. The van der Waals surface area contributed by atoms with Crippen molar-refractivity contribution in [2.24, 2.45) is 0 Å². The van der Waals surface area contributed by atoms with Gasteiger partial charge in [0.05, 0.1) is 0 Å². The summed E-state index contributed by atoms with van der Waals surface area (Å²) in [6.07, 6.45) is 0. The lowest BCUT2D eigenvalue weighted by Crippen LogP contribution is -2.13. The van der Waals surface area contributed by atoms with Crippen LogP contribution in [0.3, 0.4) is 0 Å². The summed E-state index contributed by atoms with van der Waals surface area (Å²) in [6, 6.07) is 0. The highest BCUT2D eigenvalue weighted by Crippen LogP contribution is 2.07. The largest absolute Gasteiger partial charge is 0.481 e. The van der Waals surface area contributed by atoms with Gasteiger partial charge in [0.1, 0.15) is 20.2 Å². The monoisotopic (exact) mass is 276 g/mol. The molecule has 7 N–H and O–H groups in total. The van der Waals surface area contributed by atoms with E-state index in [0.717, 1.165) is 6.92 Å². The van der Waals surface area contributed by atoms with Crippen LogP contribution in [0.1, 0.15) is 6.92 Å². The van der Waals surface area contributed by atoms with Gasteiger partial charge in [-0.1, -0.05) is 0 Å². The molecule has 0 aliphatic carbocycles. The molecule has 1 rings (SSSR count). The van der Waals surface area contributed by atoms with Crippen molar-refractivity contribution in [1.82, 2.24) is 15.0 Å². The molecule has 0 bridgehead atoms. The van der Waals surface area contributed by atoms with E-state index in [1.165, 1.54) is 0 Å². The Labute approximate surface area is 108 Å². The fraction of sp³-hybridized carbons (Fsp3) is 0.500. The van der Waals surface area contributed by atoms with Crippen molar-refractivity contribution in [3.8, 4) is 0 Å². The number of aromatic nitrogens is 3. The minimum Gasteiger partial charge on any atom is -0.481 e. The van der Waals surface area contributed by atoms with Crippen LogP contribution >= 0.6 is 0 Å². The van der Waals surface area contributed by atoms with E-state index in [0.29, 0.717) is 0 Å². The van der Waals surface area contributed by atoms with E-state index in [1.54, 1.807) is 0 Å². The van der Waals surface area contributed by atoms with Crippen molar-refractivity contribution in [3.63, 3.8) is 0 Å². The van der Waals surface area contributed by atoms with Crippen LogP contribution in [0.25, 0.3) is 0 Å². The lowest BCUT2D eigenvalue weighted by Gasteiger charge is -2.07. The minimum absolute atomic E-state index is 0.124. The Bertz CT molecular complexity index is 326. The summed E-state index contributed by atoms with van der Waals surface area (Å²) in [5.74, 6) is -0.460. The van der Waals surface area contributed by atoms with E-state index in [-0.39, 0.29) is 38.0 Å². The number of rotatable bonds is 6. The van der Waals surface area contributed by atoms with Crippen molar-refractivity contribution in [2.45, 2.75) is 6.92 Å². The number of carboxylic acids is 1. The number of nitrogens with one attached hydrogen (secondary N) is 3. The van der Waals surface area contributed by atoms with E-state index >= 15 is 0 Å². The molecule has 1 heterocycles. The Kier molecular flexibility index (Phi) is 8.61. The predicted molar refractivity (Wildman–Crippen MR) is 65.3 cm³/mol. The van der Waals surface area contributed by atoms with Gasteiger partial charge in [0.15, 0.2) is 0 Å². The highest BCUT2D eigenvalue weighted by atomic mass is 16.4. The van der Waals surface area contributed by atoms with Gasteiger partial charge in [-0.2, -0.15) is 15.0 Å². The molecule has 0 fully saturated rings. The van der Waals surface area contributed by atoms with E-state index in [2.05, 4.69) is 30.9 Å². The fourth-order valence-corrected chi connectivity index (χ4v) is 0.825. The second-order valence-corrected chi connectivity index (χ2v) is 2.83. The lowest BCUT2D eigenvalue weighted by molar-refractivity contribution is -0.134. The number of carboxylic acid groups (broad SMARTS) is 1. The third kappa shape index (κ3) is 8.48. The van der Waals surface area contributed by atoms with Gasteiger partial charge in [0, 0.05) is 6.92 Å². The zero-order valence-electron chi connectivity index (χ0n) is 10.2. The highest BCUT2D eigenvalue weighted by Gasteiger charge is 2.04. The summed E-state index contributed by atoms with van der Waals surface area (Å²) in [5, 5.41) is 40.6. The molecule has 0 atom stereocenters. The number of aliphatic carboxylic acids is 1. The number of nitrogens with zero attached hydrogens (tertiary/aromatic N) is 3. The summed E-state index contributed by atoms with van der Waals surface area (Å²) in [5.41, 5.74) is 0. The molecule has 0 saturated heterocycles. The van der Waals surface area contributed by atoms with Crippen LogP contribution in [0.5, 0.6) is 0 Å². The van der Waals surface area contributed by atoms with Gasteiger partial charge in [-0.25, -0.2) is 0 Å². The first-order valence-electron chi connectivity index (χ1n) is 5.03. The molecule has 19 heavy (non-hydrogen) atoms. The summed E-state index contributed by atoms with van der Waals surface area (Å²) in [4.78, 5) is 20.4. The highest BCUT2D eigenvalue weighted by molar-refractivity contribution is 5.62. The topological polar surface area (TPSA) is 173 Å². The van der Waals surface area contributed by atoms with Gasteiger partial charge in [-0.3, -0.25) is 4.79 Å². The van der Waals surface area contributed by atoms with Gasteiger partial charge in [-0.15, -0.1) is 0 Å². The molecule has 0 aromatic carbocycles. The van der Waals surface area contributed by atoms with Crippen molar-refractivity contribution in [2.75, 3.05) is 36.1 Å². The molecular formula is C8H16N6O5. The third-order valence-corrected chi connectivity index (χ3v) is 1.35. The second kappa shape index (κ2) is 9.76. The molecule has 0 aliphatic heterocycles. The maximum Gasteiger partial charge on any atom is 0.300 e. The molecule has 1 aromatic heterocycles. The van der Waals surface area contributed by atoms with Crippen LogP contribution < -0.4 is 16.0 Å². The van der Waals surface area contributed by atoms with Gasteiger partial charge >= 0.3 is 0 Å². The maximum atomic E-state index is 9.00. The normalized spacial score (nSPS) is 9.05. The van der Waals surface area contributed by atoms with Gasteiger partial charge in [0.2, 0.25) is 17.8 Å². The lowest BCUT2D eigenvalue weighted by atomic mass is 10.8. The fourth-order valence-electron chi connectivity index (χ4n) is 0.825. The standard InChI is InChI=1S/C6H12N6O3.C2H4O2/c13-1-7-4-10-5(8-2-14)12-6(11-4)9-3-15;1-2(3)4/h13-15H,1-3H2,(H3,7,8,9,10,11,12);1H3,(H,3,4). The maximum absolute atomic E-state index is 9.00. The number of carbonyl (C=O) groups is 1. The molecule has 108 valence electrons. The number of hydrogen-bond donors (Lipinski definition) is 7. The van der Waals surface area contributed by atoms with E-state index in [9.17, 15) is 0 Å². The Hall–Kier alpha value is -2.24. The van der Waals surface area contributed by atoms with Crippen LogP contribution in [0.2, 0.25) is 0 Å². The minimum atomic E-state index is -0.833. The van der Waals surface area contributed by atoms with E-state index < -0.39 is 5.97 Å². The van der Waals surface area contributed by atoms with Crippen LogP contribution in [-0.2, 0) is 4.79 Å². The molecule has 0 unspecified atom stereocenters. The van der Waals surface area contributed by atoms with Crippen molar-refractivity contribution in [3.05, 3.63) is 0 Å². The van der Waals surface area contributed by atoms with Crippen LogP contribution in [0.15, 0.2) is 0 Å². The van der Waals surface area contributed by atoms with E-state index in [4.69, 9.17) is 25.2 Å². The first-order valence-corrected chi connectivity index (χ1v) is 5.03. The first-order chi connectivity index (χ1) is 9.03. The molecule has 11 nitrogen and oxygen atoms in total. The Morgan fingerprint density at radius 1 is 0.895 bits per heavy atom. The molecule has 0 saturated carbocycles. The average Bonchev–Trinajstić information content (AvgIpc) is 2.29. The molecule has 11 heteroatoms. The molecule has 0 spiro atoms. The first kappa shape index (κ1) is 16.8. The zero-order chi connectivity index (χ0) is 14.7. The molecule has 0 radical (unpaired) electrons. The van der Waals surface area contributed by atoms with Gasteiger partial charge < -0.3 is 36.4 Å². The Morgan fingerprint density at radius 2 is 1.11 bits per heavy atom. The van der Waals surface area contributed by atoms with E-state index in [1.807, 2.05) is 0 Å². The molecular weight excluding hydrogens is 260 g/mol. The SMILES string of the molecule is CC(=O)O.OCNc1nc(NCO)nc(NCO)n1. The summed E-state index contributed by atoms with van der Waals surface area (Å²) in [6.45, 7) is 0.0867. The average molecular weight is 276 g/mol. The summed E-state index contributed by atoms with van der Waals surface area (Å²) in [7, 11) is 0. The number of anilines is 3. The van der Waals surface area contributed by atoms with Crippen molar-refractivity contribution >= 4 is 23.8 Å². The van der Waals surface area contributed by atoms with Gasteiger partial charge in [-0.05, 0) is 0 Å². The third-order valence-electron chi connectivity index (χ3n) is 1.35. The van der Waals surface area contributed by atoms with Crippen LogP contribution in [0, 0.1) is 0 Å². The van der Waals surface area contributed by atoms with Gasteiger partial charge in [0.25, 0.3) is 5.97 Å². The number of hydrogen-bond acceptors (Lipinski definition) is 10. The second-order valence-electron chi connectivity index (χ2n) is 2.83. The van der Waals surface area contributed by atoms with Crippen LogP contribution in [-0.4, -0.2) is 61.5 Å². The predicted octanol–water partition coefficient (Wildman–Crippen LogP) is -1.95. The quantitative estimate of drug-likeness (QED) is 0.288. The number of aliphatic hydroxyl groups excluding tert-OH is 3. The Balaban J connectivity index is 0.000000711. The Morgan fingerprint density at radius 3 is 1.26 bits per heavy atom. The number of aliphatic hydroxyl groups is 3. The molecule has 0 aliphatic rings. The zero-order valence-corrected chi connectivity index (χ0v) is 10.2. The molecule has 0 amide bonds. The molecule has 1 aromatic rings. The van der Waals surface area contributed by atoms with Crippen LogP contribution in [0.4, 0.5) is 17.8 Å². The van der Waals surface area contributed by atoms with Crippen molar-refractivity contribution in [1.29, 1.82) is 0 Å². The smallest absolute Gasteiger partial charge is 0.300 e. The van der Waals surface area contributed by atoms with Crippen molar-refractivity contribution < 1.29 is 25.2 Å². The summed E-state index contributed by atoms with van der Waals surface area (Å²) >= 11 is 0.